The number of hydrogen-bond donors (Lipinski definition) is 1. The number of nitrogens with one attached hydrogen (secondary N) is 1. The fourth-order valence-electron chi connectivity index (χ4n) is 1.28. The molecule has 78 valence electrons. The normalized spacial score (nSPS) is 10.9. The first-order chi connectivity index (χ1) is 6.72. The first kappa shape index (κ1) is 11.6. The highest BCUT2D eigenvalue weighted by atomic mass is 32.2. The van der Waals surface area contributed by atoms with Crippen molar-refractivity contribution in [2.75, 3.05) is 13.6 Å². The summed E-state index contributed by atoms with van der Waals surface area (Å²) in [5.74, 6) is 0. The largest absolute Gasteiger partial charge is 0.319 e. The Bertz CT molecular complexity index is 254. The molecule has 0 spiro atoms. The van der Waals surface area contributed by atoms with Crippen molar-refractivity contribution in [2.24, 2.45) is 0 Å². The molecule has 0 amide bonds. The van der Waals surface area contributed by atoms with Gasteiger partial charge in [0.15, 0.2) is 0 Å². The highest BCUT2D eigenvalue weighted by Gasteiger charge is 1.98. The molecule has 1 aromatic carbocycles. The van der Waals surface area contributed by atoms with Gasteiger partial charge in [-0.3, -0.25) is 0 Å². The molecule has 0 atom stereocenters. The van der Waals surface area contributed by atoms with Crippen LogP contribution in [0.2, 0.25) is 0 Å². The Hall–Kier alpha value is -0.470. The molecule has 0 aliphatic heterocycles. The van der Waals surface area contributed by atoms with Crippen LogP contribution in [0.1, 0.15) is 19.4 Å². The number of likely N-dealkylation sites (N-methyl/N-ethyl adjacent to an activating group) is 1. The van der Waals surface area contributed by atoms with Crippen molar-refractivity contribution >= 4 is 11.8 Å². The van der Waals surface area contributed by atoms with Gasteiger partial charge in [0.05, 0.1) is 0 Å². The van der Waals surface area contributed by atoms with E-state index in [0.717, 1.165) is 13.0 Å². The van der Waals surface area contributed by atoms with Crippen LogP contribution in [0.15, 0.2) is 29.2 Å². The van der Waals surface area contributed by atoms with Crippen molar-refractivity contribution in [3.8, 4) is 0 Å². The predicted octanol–water partition coefficient (Wildman–Crippen LogP) is 2.95. The molecule has 0 saturated heterocycles. The lowest BCUT2D eigenvalue weighted by Crippen LogP contribution is -2.10. The Balaban J connectivity index is 2.50. The van der Waals surface area contributed by atoms with E-state index in [9.17, 15) is 0 Å². The van der Waals surface area contributed by atoms with Crippen LogP contribution in [0.3, 0.4) is 0 Å². The van der Waals surface area contributed by atoms with Gasteiger partial charge in [-0.1, -0.05) is 26.0 Å². The molecule has 0 aliphatic carbocycles. The summed E-state index contributed by atoms with van der Waals surface area (Å²) in [5, 5.41) is 3.82. The van der Waals surface area contributed by atoms with Gasteiger partial charge in [-0.15, -0.1) is 11.8 Å². The van der Waals surface area contributed by atoms with Crippen LogP contribution in [0, 0.1) is 0 Å². The number of hydrogen-bond acceptors (Lipinski definition) is 2. The summed E-state index contributed by atoms with van der Waals surface area (Å²) < 4.78 is 0. The lowest BCUT2D eigenvalue weighted by molar-refractivity contribution is 0.791. The Morgan fingerprint density at radius 3 is 2.36 bits per heavy atom. The number of thioether (sulfide) groups is 1. The molecule has 0 fully saturated rings. The van der Waals surface area contributed by atoms with E-state index in [0.29, 0.717) is 5.25 Å². The number of benzene rings is 1. The maximum Gasteiger partial charge on any atom is 0.00747 e. The molecule has 0 saturated carbocycles. The molecule has 0 aliphatic rings. The Morgan fingerprint density at radius 1 is 1.21 bits per heavy atom. The van der Waals surface area contributed by atoms with Crippen molar-refractivity contribution in [1.29, 1.82) is 0 Å². The van der Waals surface area contributed by atoms with Gasteiger partial charge >= 0.3 is 0 Å². The maximum absolute atomic E-state index is 3.16. The van der Waals surface area contributed by atoms with Crippen LogP contribution in [-0.4, -0.2) is 18.8 Å². The van der Waals surface area contributed by atoms with Crippen molar-refractivity contribution < 1.29 is 0 Å². The minimum atomic E-state index is 0.665. The second-order valence-corrected chi connectivity index (χ2v) is 5.31. The van der Waals surface area contributed by atoms with Gasteiger partial charge in [-0.25, -0.2) is 0 Å². The van der Waals surface area contributed by atoms with E-state index in [1.807, 2.05) is 18.8 Å². The standard InChI is InChI=1S/C12H19NS/c1-10(2)14-12-6-4-11(5-7-12)8-9-13-3/h4-7,10,13H,8-9H2,1-3H3. The molecule has 14 heavy (non-hydrogen) atoms. The topological polar surface area (TPSA) is 12.0 Å². The quantitative estimate of drug-likeness (QED) is 0.748. The van der Waals surface area contributed by atoms with E-state index >= 15 is 0 Å². The molecule has 0 aromatic heterocycles. The minimum Gasteiger partial charge on any atom is -0.319 e. The number of rotatable bonds is 5. The highest BCUT2D eigenvalue weighted by molar-refractivity contribution is 7.99. The van der Waals surface area contributed by atoms with Crippen LogP contribution in [0.25, 0.3) is 0 Å². The van der Waals surface area contributed by atoms with E-state index in [1.165, 1.54) is 10.5 Å². The molecule has 2 heteroatoms. The summed E-state index contributed by atoms with van der Waals surface area (Å²) in [5.41, 5.74) is 1.41. The lowest BCUT2D eigenvalue weighted by Gasteiger charge is -2.06. The average Bonchev–Trinajstić information content (AvgIpc) is 2.16. The third kappa shape index (κ3) is 4.16. The molecule has 1 aromatic rings. The lowest BCUT2D eigenvalue weighted by atomic mass is 10.1. The SMILES string of the molecule is CNCCc1ccc(SC(C)C)cc1. The van der Waals surface area contributed by atoms with Crippen molar-refractivity contribution in [2.45, 2.75) is 30.4 Å². The zero-order valence-corrected chi connectivity index (χ0v) is 10.0. The first-order valence-corrected chi connectivity index (χ1v) is 6.00. The molecule has 1 nitrogen and oxygen atoms in total. The summed E-state index contributed by atoms with van der Waals surface area (Å²) in [4.78, 5) is 1.37. The molecule has 1 N–H and O–H groups in total. The Morgan fingerprint density at radius 2 is 1.86 bits per heavy atom. The predicted molar refractivity (Wildman–Crippen MR) is 65.1 cm³/mol. The molecule has 1 rings (SSSR count). The Labute approximate surface area is 91.3 Å². The average molecular weight is 209 g/mol. The van der Waals surface area contributed by atoms with Crippen molar-refractivity contribution in [3.63, 3.8) is 0 Å². The van der Waals surface area contributed by atoms with Gasteiger partial charge in [0, 0.05) is 10.1 Å². The fraction of sp³-hybridized carbons (Fsp3) is 0.500. The highest BCUT2D eigenvalue weighted by Crippen LogP contribution is 2.22. The smallest absolute Gasteiger partial charge is 0.00747 e. The van der Waals surface area contributed by atoms with Gasteiger partial charge in [-0.2, -0.15) is 0 Å². The molecule has 0 bridgehead atoms. The van der Waals surface area contributed by atoms with Crippen LogP contribution >= 0.6 is 11.8 Å². The summed E-state index contributed by atoms with van der Waals surface area (Å²) >= 11 is 1.92. The van der Waals surface area contributed by atoms with E-state index in [1.54, 1.807) is 0 Å². The second-order valence-electron chi connectivity index (χ2n) is 3.66. The second kappa shape index (κ2) is 6.10. The molecule has 0 radical (unpaired) electrons. The van der Waals surface area contributed by atoms with Crippen LogP contribution in [-0.2, 0) is 6.42 Å². The monoisotopic (exact) mass is 209 g/mol. The van der Waals surface area contributed by atoms with Gasteiger partial charge in [0.2, 0.25) is 0 Å². The van der Waals surface area contributed by atoms with Crippen LogP contribution < -0.4 is 5.32 Å². The third-order valence-electron chi connectivity index (χ3n) is 1.96. The molecule has 0 unspecified atom stereocenters. The molecular weight excluding hydrogens is 190 g/mol. The maximum atomic E-state index is 3.16. The summed E-state index contributed by atoms with van der Waals surface area (Å²) in [6.07, 6.45) is 1.11. The summed E-state index contributed by atoms with van der Waals surface area (Å²) in [6, 6.07) is 8.88. The van der Waals surface area contributed by atoms with Gasteiger partial charge < -0.3 is 5.32 Å². The van der Waals surface area contributed by atoms with Gasteiger partial charge in [0.25, 0.3) is 0 Å². The van der Waals surface area contributed by atoms with E-state index in [-0.39, 0.29) is 0 Å². The van der Waals surface area contributed by atoms with Crippen molar-refractivity contribution in [1.82, 2.24) is 5.32 Å². The van der Waals surface area contributed by atoms with Gasteiger partial charge in [-0.05, 0) is 37.7 Å². The van der Waals surface area contributed by atoms with Crippen LogP contribution in [0.4, 0.5) is 0 Å². The van der Waals surface area contributed by atoms with Crippen molar-refractivity contribution in [3.05, 3.63) is 29.8 Å². The van der Waals surface area contributed by atoms with E-state index in [4.69, 9.17) is 0 Å². The van der Waals surface area contributed by atoms with E-state index < -0.39 is 0 Å². The first-order valence-electron chi connectivity index (χ1n) is 5.12. The third-order valence-corrected chi connectivity index (χ3v) is 2.97. The minimum absolute atomic E-state index is 0.665. The zero-order chi connectivity index (χ0) is 10.4. The molecular formula is C12H19NS. The fourth-order valence-corrected chi connectivity index (χ4v) is 2.11. The van der Waals surface area contributed by atoms with Gasteiger partial charge in [0.1, 0.15) is 0 Å². The van der Waals surface area contributed by atoms with E-state index in [2.05, 4.69) is 43.4 Å². The molecule has 0 heterocycles. The Kier molecular flexibility index (Phi) is 5.05. The van der Waals surface area contributed by atoms with Crippen LogP contribution in [0.5, 0.6) is 0 Å². The summed E-state index contributed by atoms with van der Waals surface area (Å²) in [6.45, 7) is 5.50. The zero-order valence-electron chi connectivity index (χ0n) is 9.21. The summed E-state index contributed by atoms with van der Waals surface area (Å²) in [7, 11) is 1.99.